The Labute approximate surface area is 151 Å². The molecular formula is C25H24. The number of hydrogen-bond donors (Lipinski definition) is 0. The molecular weight excluding hydrogens is 300 g/mol. The Hall–Kier alpha value is -2.52. The van der Waals surface area contributed by atoms with Crippen LogP contribution in [0, 0.1) is 23.2 Å². The van der Waals surface area contributed by atoms with Gasteiger partial charge in [-0.05, 0) is 34.1 Å². The summed E-state index contributed by atoms with van der Waals surface area (Å²) in [7, 11) is 0. The number of rotatable bonds is 4. The van der Waals surface area contributed by atoms with E-state index in [1.165, 1.54) is 22.3 Å². The highest BCUT2D eigenvalue weighted by molar-refractivity contribution is 5.79. The van der Waals surface area contributed by atoms with Crippen molar-refractivity contribution in [2.24, 2.45) is 10.8 Å². The second kappa shape index (κ2) is 5.78. The minimum atomic E-state index is -0.00536. The van der Waals surface area contributed by atoms with Gasteiger partial charge in [0.2, 0.25) is 0 Å². The van der Waals surface area contributed by atoms with Gasteiger partial charge < -0.3 is 0 Å². The number of allylic oxidation sites excluding steroid dienone is 4. The molecule has 124 valence electrons. The van der Waals surface area contributed by atoms with Crippen molar-refractivity contribution >= 4 is 0 Å². The lowest BCUT2D eigenvalue weighted by molar-refractivity contribution is 0.146. The summed E-state index contributed by atoms with van der Waals surface area (Å²) in [6.07, 6.45) is 16.5. The summed E-state index contributed by atoms with van der Waals surface area (Å²) in [6, 6.07) is 17.8. The third-order valence-electron chi connectivity index (χ3n) is 6.34. The molecule has 0 atom stereocenters. The van der Waals surface area contributed by atoms with Crippen LogP contribution in [0.15, 0.2) is 72.8 Å². The van der Waals surface area contributed by atoms with Gasteiger partial charge in [-0.3, -0.25) is 0 Å². The van der Waals surface area contributed by atoms with Gasteiger partial charge in [0.05, 0.1) is 0 Å². The van der Waals surface area contributed by atoms with E-state index < -0.39 is 0 Å². The highest BCUT2D eigenvalue weighted by atomic mass is 14.5. The molecule has 25 heavy (non-hydrogen) atoms. The molecule has 4 rings (SSSR count). The molecule has 0 heteroatoms. The molecule has 2 aromatic rings. The minimum Gasteiger partial charge on any atom is -0.120 e. The van der Waals surface area contributed by atoms with Crippen LogP contribution in [0.5, 0.6) is 0 Å². The lowest BCUT2D eigenvalue weighted by Gasteiger charge is -2.47. The van der Waals surface area contributed by atoms with E-state index in [-0.39, 0.29) is 10.8 Å². The smallest absolute Gasteiger partial charge is 0.0164 e. The number of terminal acetylenes is 1. The highest BCUT2D eigenvalue weighted by Crippen LogP contribution is 2.61. The Morgan fingerprint density at radius 2 is 1.44 bits per heavy atom. The quantitative estimate of drug-likeness (QED) is 0.575. The second-order valence-electron chi connectivity index (χ2n) is 7.79. The predicted octanol–water partition coefficient (Wildman–Crippen LogP) is 6.35. The average Bonchev–Trinajstić information content (AvgIpc) is 3.24. The molecule has 0 nitrogen and oxygen atoms in total. The van der Waals surface area contributed by atoms with Gasteiger partial charge in [-0.1, -0.05) is 86.7 Å². The summed E-state index contributed by atoms with van der Waals surface area (Å²) in [5.74, 6) is 3.22. The van der Waals surface area contributed by atoms with E-state index in [1.807, 2.05) is 0 Å². The van der Waals surface area contributed by atoms with Crippen LogP contribution in [0.4, 0.5) is 0 Å². The molecule has 0 N–H and O–H groups in total. The van der Waals surface area contributed by atoms with Crippen molar-refractivity contribution in [1.29, 1.82) is 0 Å². The van der Waals surface area contributed by atoms with Gasteiger partial charge >= 0.3 is 0 Å². The maximum absolute atomic E-state index is 5.62. The number of hydrogen-bond acceptors (Lipinski definition) is 0. The first kappa shape index (κ1) is 16.0. The molecule has 0 fully saturated rings. The van der Waals surface area contributed by atoms with Gasteiger partial charge in [-0.25, -0.2) is 0 Å². The highest BCUT2D eigenvalue weighted by Gasteiger charge is 2.50. The van der Waals surface area contributed by atoms with Crippen LogP contribution in [0.25, 0.3) is 11.1 Å². The number of fused-ring (bicyclic) bond motifs is 3. The lowest BCUT2D eigenvalue weighted by Crippen LogP contribution is -2.39. The van der Waals surface area contributed by atoms with Gasteiger partial charge in [-0.2, -0.15) is 0 Å². The third kappa shape index (κ3) is 2.23. The van der Waals surface area contributed by atoms with E-state index in [2.05, 4.69) is 92.6 Å². The molecule has 0 saturated heterocycles. The SMILES string of the molecule is C#CCCC1(C(C)(C)C2c3ccccc3-c3ccccc32)C=CC=C1. The van der Waals surface area contributed by atoms with E-state index in [0.29, 0.717) is 5.92 Å². The van der Waals surface area contributed by atoms with Crippen LogP contribution in [-0.2, 0) is 0 Å². The summed E-state index contributed by atoms with van der Waals surface area (Å²) in [5, 5.41) is 0. The average molecular weight is 324 g/mol. The predicted molar refractivity (Wildman–Crippen MR) is 106 cm³/mol. The summed E-state index contributed by atoms with van der Waals surface area (Å²) >= 11 is 0. The molecule has 2 aliphatic rings. The van der Waals surface area contributed by atoms with Gasteiger partial charge in [0, 0.05) is 17.8 Å². The van der Waals surface area contributed by atoms with Crippen molar-refractivity contribution in [3.63, 3.8) is 0 Å². The van der Waals surface area contributed by atoms with Gasteiger partial charge in [0.15, 0.2) is 0 Å². The largest absolute Gasteiger partial charge is 0.120 e. The van der Waals surface area contributed by atoms with E-state index in [9.17, 15) is 0 Å². The maximum Gasteiger partial charge on any atom is 0.0164 e. The van der Waals surface area contributed by atoms with E-state index in [4.69, 9.17) is 6.42 Å². The summed E-state index contributed by atoms with van der Waals surface area (Å²) in [6.45, 7) is 4.82. The fraction of sp³-hybridized carbons (Fsp3) is 0.280. The second-order valence-corrected chi connectivity index (χ2v) is 7.79. The lowest BCUT2D eigenvalue weighted by atomic mass is 9.56. The van der Waals surface area contributed by atoms with Gasteiger partial charge in [0.25, 0.3) is 0 Å². The summed E-state index contributed by atoms with van der Waals surface area (Å²) in [4.78, 5) is 0. The topological polar surface area (TPSA) is 0 Å². The van der Waals surface area contributed by atoms with Gasteiger partial charge in [0.1, 0.15) is 0 Å². The molecule has 0 radical (unpaired) electrons. The van der Waals surface area contributed by atoms with Crippen molar-refractivity contribution in [2.45, 2.75) is 32.6 Å². The fourth-order valence-corrected chi connectivity index (χ4v) is 4.91. The van der Waals surface area contributed by atoms with Crippen molar-refractivity contribution in [3.8, 4) is 23.5 Å². The van der Waals surface area contributed by atoms with E-state index in [1.54, 1.807) is 0 Å². The number of benzene rings is 2. The summed E-state index contributed by atoms with van der Waals surface area (Å²) < 4.78 is 0. The van der Waals surface area contributed by atoms with Crippen LogP contribution in [0.2, 0.25) is 0 Å². The van der Waals surface area contributed by atoms with Gasteiger partial charge in [-0.15, -0.1) is 12.3 Å². The van der Waals surface area contributed by atoms with Crippen LogP contribution in [0.3, 0.4) is 0 Å². The molecule has 0 spiro atoms. The minimum absolute atomic E-state index is 0.00536. The molecule has 0 amide bonds. The molecule has 0 aromatic heterocycles. The zero-order valence-corrected chi connectivity index (χ0v) is 15.0. The standard InChI is InChI=1S/C25H24/c1-4-5-16-25(17-10-11-18-25)24(2,3)23-21-14-8-6-12-19(21)20-13-7-9-15-22(20)23/h1,6-15,17-18,23H,5,16H2,2-3H3. The Balaban J connectivity index is 1.90. The molecule has 2 aliphatic carbocycles. The first-order valence-electron chi connectivity index (χ1n) is 9.09. The Kier molecular flexibility index (Phi) is 3.69. The third-order valence-corrected chi connectivity index (χ3v) is 6.34. The zero-order chi connectivity index (χ0) is 17.5. The van der Waals surface area contributed by atoms with Crippen molar-refractivity contribution in [1.82, 2.24) is 0 Å². The maximum atomic E-state index is 5.62. The molecule has 0 heterocycles. The monoisotopic (exact) mass is 324 g/mol. The molecule has 0 unspecified atom stereocenters. The molecule has 2 aromatic carbocycles. The van der Waals surface area contributed by atoms with Crippen LogP contribution >= 0.6 is 0 Å². The van der Waals surface area contributed by atoms with Crippen molar-refractivity contribution in [2.75, 3.05) is 0 Å². The van der Waals surface area contributed by atoms with Crippen molar-refractivity contribution < 1.29 is 0 Å². The Morgan fingerprint density at radius 3 is 1.96 bits per heavy atom. The Bertz CT molecular complexity index is 844. The van der Waals surface area contributed by atoms with E-state index in [0.717, 1.165) is 12.8 Å². The normalized spacial score (nSPS) is 17.3. The van der Waals surface area contributed by atoms with Crippen molar-refractivity contribution in [3.05, 3.63) is 84.0 Å². The Morgan fingerprint density at radius 1 is 0.920 bits per heavy atom. The first-order chi connectivity index (χ1) is 12.1. The zero-order valence-electron chi connectivity index (χ0n) is 15.0. The van der Waals surface area contributed by atoms with Crippen LogP contribution in [-0.4, -0.2) is 0 Å². The fourth-order valence-electron chi connectivity index (χ4n) is 4.91. The molecule has 0 aliphatic heterocycles. The van der Waals surface area contributed by atoms with Crippen LogP contribution in [0.1, 0.15) is 43.7 Å². The summed E-state index contributed by atoms with van der Waals surface area (Å²) in [5.41, 5.74) is 5.68. The molecule has 0 saturated carbocycles. The van der Waals surface area contributed by atoms with Crippen LogP contribution < -0.4 is 0 Å². The molecule has 0 bridgehead atoms. The van der Waals surface area contributed by atoms with E-state index >= 15 is 0 Å². The first-order valence-corrected chi connectivity index (χ1v) is 9.09.